The second kappa shape index (κ2) is 6.00. The Hall–Kier alpha value is -3.50. The molecule has 5 rings (SSSR count). The summed E-state index contributed by atoms with van der Waals surface area (Å²) in [6.07, 6.45) is 2.23. The average Bonchev–Trinajstić information content (AvgIpc) is 3.50. The molecule has 2 aromatic heterocycles. The maximum absolute atomic E-state index is 12.3. The molecule has 0 spiro atoms. The number of likely N-dealkylation sites (N-methyl/N-ethyl adjacent to an activating group) is 1. The first-order valence-corrected chi connectivity index (χ1v) is 9.39. The number of pyridine rings is 1. The number of aliphatic hydroxyl groups is 1. The third kappa shape index (κ3) is 2.64. The van der Waals surface area contributed by atoms with Crippen molar-refractivity contribution in [3.63, 3.8) is 0 Å². The molecule has 2 unspecified atom stereocenters. The molecule has 1 saturated carbocycles. The lowest BCUT2D eigenvalue weighted by Gasteiger charge is -2.18. The number of carbonyl (C=O) groups excluding carboxylic acids is 1. The molecule has 3 aromatic rings. The van der Waals surface area contributed by atoms with Crippen molar-refractivity contribution in [2.75, 3.05) is 12.8 Å². The summed E-state index contributed by atoms with van der Waals surface area (Å²) >= 11 is 0. The molecule has 1 aromatic carbocycles. The number of aromatic nitrogens is 3. The number of hydrogen-bond acceptors (Lipinski definition) is 6. The predicted molar refractivity (Wildman–Crippen MR) is 108 cm³/mol. The van der Waals surface area contributed by atoms with E-state index in [2.05, 4.69) is 26.8 Å². The summed E-state index contributed by atoms with van der Waals surface area (Å²) in [4.78, 5) is 26.8. The largest absolute Gasteiger partial charge is 0.382 e. The molecule has 2 fully saturated rings. The molecule has 2 aliphatic rings. The summed E-state index contributed by atoms with van der Waals surface area (Å²) in [7, 11) is 1.72. The quantitative estimate of drug-likeness (QED) is 0.616. The molecule has 7 heteroatoms. The van der Waals surface area contributed by atoms with E-state index in [0.29, 0.717) is 16.9 Å². The summed E-state index contributed by atoms with van der Waals surface area (Å²) in [6, 6.07) is 9.59. The minimum absolute atomic E-state index is 0.0940. The Labute approximate surface area is 167 Å². The second-order valence-electron chi connectivity index (χ2n) is 7.70. The Balaban J connectivity index is 1.53. The van der Waals surface area contributed by atoms with Crippen LogP contribution in [0.4, 0.5) is 5.82 Å². The zero-order valence-corrected chi connectivity index (χ0v) is 16.0. The summed E-state index contributed by atoms with van der Waals surface area (Å²) in [5.41, 5.74) is 8.92. The van der Waals surface area contributed by atoms with Crippen LogP contribution >= 0.6 is 0 Å². The molecule has 144 valence electrons. The van der Waals surface area contributed by atoms with Crippen LogP contribution in [0, 0.1) is 24.7 Å². The Morgan fingerprint density at radius 2 is 2.10 bits per heavy atom. The number of amides is 1. The lowest BCUT2D eigenvalue weighted by Crippen LogP contribution is -2.41. The van der Waals surface area contributed by atoms with E-state index in [1.807, 2.05) is 37.3 Å². The summed E-state index contributed by atoms with van der Waals surface area (Å²) in [6.45, 7) is 1.95. The molecular weight excluding hydrogens is 366 g/mol. The van der Waals surface area contributed by atoms with Crippen LogP contribution < -0.4 is 5.73 Å². The lowest BCUT2D eigenvalue weighted by molar-refractivity contribution is -0.140. The van der Waals surface area contributed by atoms with Crippen molar-refractivity contribution in [3.05, 3.63) is 47.8 Å². The summed E-state index contributed by atoms with van der Waals surface area (Å²) < 4.78 is 0. The van der Waals surface area contributed by atoms with Gasteiger partial charge in [0.25, 0.3) is 5.91 Å². The van der Waals surface area contributed by atoms with Gasteiger partial charge in [0.15, 0.2) is 5.82 Å². The molecule has 29 heavy (non-hydrogen) atoms. The molecule has 1 aliphatic heterocycles. The van der Waals surface area contributed by atoms with Crippen molar-refractivity contribution < 1.29 is 9.90 Å². The van der Waals surface area contributed by atoms with Crippen molar-refractivity contribution in [3.8, 4) is 23.1 Å². The molecule has 3 N–H and O–H groups in total. The van der Waals surface area contributed by atoms with Crippen LogP contribution in [0.1, 0.15) is 17.5 Å². The van der Waals surface area contributed by atoms with Crippen LogP contribution in [0.25, 0.3) is 22.3 Å². The van der Waals surface area contributed by atoms with E-state index in [0.717, 1.165) is 28.8 Å². The monoisotopic (exact) mass is 385 g/mol. The van der Waals surface area contributed by atoms with Gasteiger partial charge in [-0.15, -0.1) is 0 Å². The zero-order chi connectivity index (χ0) is 20.3. The first kappa shape index (κ1) is 17.6. The zero-order valence-electron chi connectivity index (χ0n) is 16.0. The van der Waals surface area contributed by atoms with E-state index in [1.54, 1.807) is 11.9 Å². The maximum Gasteiger partial charge on any atom is 0.267 e. The third-order valence-corrected chi connectivity index (χ3v) is 5.80. The fourth-order valence-corrected chi connectivity index (χ4v) is 4.07. The fourth-order valence-electron chi connectivity index (χ4n) is 4.07. The Bertz CT molecular complexity index is 1240. The molecule has 3 heterocycles. The van der Waals surface area contributed by atoms with Gasteiger partial charge in [0.2, 0.25) is 5.60 Å². The Morgan fingerprint density at radius 3 is 2.86 bits per heavy atom. The molecule has 0 radical (unpaired) electrons. The highest BCUT2D eigenvalue weighted by Gasteiger charge is 2.66. The van der Waals surface area contributed by atoms with Gasteiger partial charge in [0, 0.05) is 30.1 Å². The number of nitrogen functional groups attached to an aromatic ring is 1. The van der Waals surface area contributed by atoms with Gasteiger partial charge in [-0.25, -0.2) is 15.0 Å². The second-order valence-corrected chi connectivity index (χ2v) is 7.70. The van der Waals surface area contributed by atoms with Crippen LogP contribution in [0.15, 0.2) is 36.7 Å². The summed E-state index contributed by atoms with van der Waals surface area (Å²) in [5.74, 6) is 5.74. The van der Waals surface area contributed by atoms with E-state index in [-0.39, 0.29) is 17.9 Å². The molecule has 1 saturated heterocycles. The van der Waals surface area contributed by atoms with Gasteiger partial charge in [-0.05, 0) is 37.1 Å². The number of carbonyl (C=O) groups is 1. The number of nitrogens with zero attached hydrogens (tertiary/aromatic N) is 4. The fraction of sp³-hybridized carbons (Fsp3) is 0.273. The van der Waals surface area contributed by atoms with E-state index >= 15 is 0 Å². The van der Waals surface area contributed by atoms with E-state index in [9.17, 15) is 9.90 Å². The number of aryl methyl sites for hydroxylation is 1. The van der Waals surface area contributed by atoms with Crippen molar-refractivity contribution >= 4 is 22.8 Å². The average molecular weight is 385 g/mol. The van der Waals surface area contributed by atoms with Crippen molar-refractivity contribution in [2.45, 2.75) is 25.0 Å². The van der Waals surface area contributed by atoms with Crippen LogP contribution in [0.3, 0.4) is 0 Å². The molecule has 1 aliphatic carbocycles. The summed E-state index contributed by atoms with van der Waals surface area (Å²) in [5, 5.41) is 10.8. The first-order valence-electron chi connectivity index (χ1n) is 9.39. The van der Waals surface area contributed by atoms with Gasteiger partial charge < -0.3 is 15.7 Å². The maximum atomic E-state index is 12.3. The molecule has 0 bridgehead atoms. The highest BCUT2D eigenvalue weighted by Crippen LogP contribution is 2.50. The van der Waals surface area contributed by atoms with Crippen molar-refractivity contribution in [1.29, 1.82) is 0 Å². The topological polar surface area (TPSA) is 105 Å². The van der Waals surface area contributed by atoms with Gasteiger partial charge in [0.05, 0.1) is 11.2 Å². The van der Waals surface area contributed by atoms with Crippen LogP contribution in [0.5, 0.6) is 0 Å². The van der Waals surface area contributed by atoms with Crippen LogP contribution in [-0.4, -0.2) is 49.6 Å². The van der Waals surface area contributed by atoms with Crippen LogP contribution in [0.2, 0.25) is 0 Å². The van der Waals surface area contributed by atoms with Gasteiger partial charge in [-0.2, -0.15) is 0 Å². The minimum Gasteiger partial charge on any atom is -0.382 e. The number of benzene rings is 1. The number of rotatable bonds is 1. The van der Waals surface area contributed by atoms with Gasteiger partial charge in [-0.1, -0.05) is 24.0 Å². The number of nitrogens with two attached hydrogens (primary N) is 1. The SMILES string of the molecule is Cc1cc(-c2cccc(C#CC3(O)C(=O)N(C)[C@@H]4CC43)c2)nc2c(N)ncnc12. The van der Waals surface area contributed by atoms with E-state index in [1.165, 1.54) is 6.33 Å². The Morgan fingerprint density at radius 1 is 1.28 bits per heavy atom. The minimum atomic E-state index is -1.58. The number of piperidine rings is 1. The molecule has 1 amide bonds. The van der Waals surface area contributed by atoms with Crippen molar-refractivity contribution in [1.82, 2.24) is 19.9 Å². The van der Waals surface area contributed by atoms with E-state index in [4.69, 9.17) is 5.73 Å². The number of likely N-dealkylation sites (tertiary alicyclic amines) is 1. The molecule has 3 atom stereocenters. The van der Waals surface area contributed by atoms with Gasteiger partial charge in [-0.3, -0.25) is 4.79 Å². The standard InChI is InChI=1S/C22H19N5O2/c1-12-8-16(26-19-18(12)24-11-25-20(19)23)14-5-3-4-13(9-14)6-7-22(29)15-10-17(15)27(2)21(22)28/h3-5,8-9,11,15,17,29H,10H2,1-2H3,(H2,23,24,25)/t15?,17-,22?/m1/s1. The smallest absolute Gasteiger partial charge is 0.267 e. The van der Waals surface area contributed by atoms with Crippen molar-refractivity contribution in [2.24, 2.45) is 5.92 Å². The normalized spacial score (nSPS) is 24.9. The van der Waals surface area contributed by atoms with Gasteiger partial charge in [0.1, 0.15) is 11.8 Å². The number of anilines is 1. The first-order chi connectivity index (χ1) is 13.9. The number of fused-ring (bicyclic) bond motifs is 2. The Kier molecular flexibility index (Phi) is 3.64. The van der Waals surface area contributed by atoms with Crippen LogP contribution in [-0.2, 0) is 4.79 Å². The highest BCUT2D eigenvalue weighted by molar-refractivity contribution is 5.93. The van der Waals surface area contributed by atoms with E-state index < -0.39 is 5.60 Å². The highest BCUT2D eigenvalue weighted by atomic mass is 16.3. The molecule has 7 nitrogen and oxygen atoms in total. The molecular formula is C22H19N5O2. The number of hydrogen-bond donors (Lipinski definition) is 2. The predicted octanol–water partition coefficient (Wildman–Crippen LogP) is 1.53. The third-order valence-electron chi connectivity index (χ3n) is 5.80. The lowest BCUT2D eigenvalue weighted by atomic mass is 9.98. The van der Waals surface area contributed by atoms with Gasteiger partial charge >= 0.3 is 0 Å².